The molecule has 0 unspecified atom stereocenters. The Labute approximate surface area is 177 Å². The Kier molecular flexibility index (Phi) is 6.40. The van der Waals surface area contributed by atoms with E-state index in [1.165, 1.54) is 0 Å². The second-order valence-electron chi connectivity index (χ2n) is 7.43. The van der Waals surface area contributed by atoms with Crippen LogP contribution in [0.3, 0.4) is 0 Å². The molecule has 3 rings (SSSR count). The summed E-state index contributed by atoms with van der Waals surface area (Å²) < 4.78 is 7.17. The van der Waals surface area contributed by atoms with E-state index >= 15 is 0 Å². The topological polar surface area (TPSA) is 60.3 Å². The molecule has 2 aromatic carbocycles. The summed E-state index contributed by atoms with van der Waals surface area (Å²) in [6, 6.07) is 15.7. The molecule has 0 aliphatic carbocycles. The number of hydrogen-bond acceptors (Lipinski definition) is 3. The van der Waals surface area contributed by atoms with E-state index in [1.807, 2.05) is 73.9 Å². The first-order valence-corrected chi connectivity index (χ1v) is 10.1. The minimum absolute atomic E-state index is 0.226. The molecule has 0 saturated carbocycles. The third kappa shape index (κ3) is 4.15. The first-order chi connectivity index (χ1) is 14.3. The SMILES string of the molecule is CCOC(=O)c1c(C)c(C(=O)Nc2cccc(C)c2C)c(C)n1Cc1ccccc1. The molecule has 0 spiro atoms. The Balaban J connectivity index is 2.06. The summed E-state index contributed by atoms with van der Waals surface area (Å²) >= 11 is 0. The highest BCUT2D eigenvalue weighted by molar-refractivity contribution is 6.08. The van der Waals surface area contributed by atoms with Crippen molar-refractivity contribution in [3.05, 3.63) is 87.7 Å². The van der Waals surface area contributed by atoms with Gasteiger partial charge in [0.2, 0.25) is 0 Å². The molecule has 3 aromatic rings. The molecule has 0 aliphatic heterocycles. The van der Waals surface area contributed by atoms with Crippen LogP contribution in [-0.2, 0) is 11.3 Å². The van der Waals surface area contributed by atoms with E-state index in [2.05, 4.69) is 5.32 Å². The predicted molar refractivity (Wildman–Crippen MR) is 119 cm³/mol. The number of carbonyl (C=O) groups excluding carboxylic acids is 2. The van der Waals surface area contributed by atoms with Crippen molar-refractivity contribution in [2.75, 3.05) is 11.9 Å². The van der Waals surface area contributed by atoms with Crippen LogP contribution < -0.4 is 5.32 Å². The summed E-state index contributed by atoms with van der Waals surface area (Å²) in [7, 11) is 0. The van der Waals surface area contributed by atoms with E-state index < -0.39 is 5.97 Å². The van der Waals surface area contributed by atoms with Gasteiger partial charge in [0.05, 0.1) is 12.2 Å². The van der Waals surface area contributed by atoms with Crippen molar-refractivity contribution < 1.29 is 14.3 Å². The Morgan fingerprint density at radius 1 is 0.933 bits per heavy atom. The molecule has 5 heteroatoms. The van der Waals surface area contributed by atoms with Gasteiger partial charge in [0.1, 0.15) is 5.69 Å². The number of benzene rings is 2. The Hall–Kier alpha value is -3.34. The largest absolute Gasteiger partial charge is 0.461 e. The van der Waals surface area contributed by atoms with Crippen LogP contribution in [0, 0.1) is 27.7 Å². The molecule has 5 nitrogen and oxygen atoms in total. The molecule has 0 saturated heterocycles. The van der Waals surface area contributed by atoms with Gasteiger partial charge in [-0.25, -0.2) is 4.79 Å². The summed E-state index contributed by atoms with van der Waals surface area (Å²) in [6.07, 6.45) is 0. The number of nitrogens with zero attached hydrogens (tertiary/aromatic N) is 1. The fourth-order valence-electron chi connectivity index (χ4n) is 3.73. The molecule has 1 heterocycles. The average molecular weight is 405 g/mol. The molecule has 1 aromatic heterocycles. The van der Waals surface area contributed by atoms with Gasteiger partial charge in [0.15, 0.2) is 0 Å². The van der Waals surface area contributed by atoms with Crippen molar-refractivity contribution in [3.63, 3.8) is 0 Å². The number of esters is 1. The van der Waals surface area contributed by atoms with Gasteiger partial charge in [-0.1, -0.05) is 42.5 Å². The minimum Gasteiger partial charge on any atom is -0.461 e. The third-order valence-electron chi connectivity index (χ3n) is 5.50. The van der Waals surface area contributed by atoms with Crippen molar-refractivity contribution in [2.24, 2.45) is 0 Å². The molecular weight excluding hydrogens is 376 g/mol. The molecule has 0 fully saturated rings. The lowest BCUT2D eigenvalue weighted by molar-refractivity contribution is 0.0513. The van der Waals surface area contributed by atoms with Gasteiger partial charge in [0.25, 0.3) is 5.91 Å². The average Bonchev–Trinajstić information content (AvgIpc) is 2.96. The highest BCUT2D eigenvalue weighted by atomic mass is 16.5. The lowest BCUT2D eigenvalue weighted by Gasteiger charge is -2.12. The highest BCUT2D eigenvalue weighted by Crippen LogP contribution is 2.27. The second kappa shape index (κ2) is 8.99. The van der Waals surface area contributed by atoms with Gasteiger partial charge >= 0.3 is 5.97 Å². The summed E-state index contributed by atoms with van der Waals surface area (Å²) in [5.41, 5.74) is 6.24. The highest BCUT2D eigenvalue weighted by Gasteiger charge is 2.27. The van der Waals surface area contributed by atoms with Crippen LogP contribution >= 0.6 is 0 Å². The van der Waals surface area contributed by atoms with Gasteiger partial charge in [-0.05, 0) is 62.9 Å². The van der Waals surface area contributed by atoms with Crippen molar-refractivity contribution in [2.45, 2.75) is 41.2 Å². The Morgan fingerprint density at radius 2 is 1.63 bits per heavy atom. The van der Waals surface area contributed by atoms with E-state index in [4.69, 9.17) is 4.74 Å². The number of carbonyl (C=O) groups is 2. The van der Waals surface area contributed by atoms with Crippen LogP contribution in [0.1, 0.15) is 55.7 Å². The first-order valence-electron chi connectivity index (χ1n) is 10.1. The van der Waals surface area contributed by atoms with Crippen LogP contribution in [0.15, 0.2) is 48.5 Å². The Morgan fingerprint density at radius 3 is 2.30 bits per heavy atom. The zero-order valence-electron chi connectivity index (χ0n) is 18.2. The Bertz CT molecular complexity index is 1080. The maximum absolute atomic E-state index is 13.2. The summed E-state index contributed by atoms with van der Waals surface area (Å²) in [4.78, 5) is 26.0. The lowest BCUT2D eigenvalue weighted by atomic mass is 10.1. The van der Waals surface area contributed by atoms with E-state index in [9.17, 15) is 9.59 Å². The fraction of sp³-hybridized carbons (Fsp3) is 0.280. The molecule has 0 atom stereocenters. The summed E-state index contributed by atoms with van der Waals surface area (Å²) in [5.74, 6) is -0.643. The lowest BCUT2D eigenvalue weighted by Crippen LogP contribution is -2.15. The van der Waals surface area contributed by atoms with Crippen LogP contribution in [-0.4, -0.2) is 23.1 Å². The fourth-order valence-corrected chi connectivity index (χ4v) is 3.73. The number of aryl methyl sites for hydroxylation is 1. The van der Waals surface area contributed by atoms with Crippen molar-refractivity contribution in [1.82, 2.24) is 4.57 Å². The van der Waals surface area contributed by atoms with Gasteiger partial charge in [-0.3, -0.25) is 4.79 Å². The van der Waals surface area contributed by atoms with Gasteiger partial charge < -0.3 is 14.6 Å². The summed E-state index contributed by atoms with van der Waals surface area (Å²) in [6.45, 7) is 10.2. The quantitative estimate of drug-likeness (QED) is 0.575. The predicted octanol–water partition coefficient (Wildman–Crippen LogP) is 5.20. The standard InChI is InChI=1S/C25H28N2O3/c1-6-30-25(29)23-18(4)22(19(5)27(23)15-20-12-8-7-9-13-20)24(28)26-21-14-10-11-16(2)17(21)3/h7-14H,6,15H2,1-5H3,(H,26,28). The number of amides is 1. The normalized spacial score (nSPS) is 10.7. The van der Waals surface area contributed by atoms with Crippen LogP contribution in [0.4, 0.5) is 5.69 Å². The number of rotatable bonds is 6. The minimum atomic E-state index is -0.417. The maximum Gasteiger partial charge on any atom is 0.355 e. The number of aromatic nitrogens is 1. The molecule has 30 heavy (non-hydrogen) atoms. The molecular formula is C25H28N2O3. The number of ether oxygens (including phenoxy) is 1. The molecule has 1 N–H and O–H groups in total. The third-order valence-corrected chi connectivity index (χ3v) is 5.50. The van der Waals surface area contributed by atoms with Gasteiger partial charge in [-0.2, -0.15) is 0 Å². The number of nitrogens with one attached hydrogen (secondary N) is 1. The second-order valence-corrected chi connectivity index (χ2v) is 7.43. The molecule has 0 bridgehead atoms. The zero-order valence-corrected chi connectivity index (χ0v) is 18.2. The van der Waals surface area contributed by atoms with Crippen molar-refractivity contribution in [1.29, 1.82) is 0 Å². The van der Waals surface area contributed by atoms with Crippen LogP contribution in [0.2, 0.25) is 0 Å². The van der Waals surface area contributed by atoms with E-state index in [1.54, 1.807) is 13.8 Å². The van der Waals surface area contributed by atoms with Gasteiger partial charge in [0, 0.05) is 17.9 Å². The molecule has 156 valence electrons. The van der Waals surface area contributed by atoms with E-state index in [-0.39, 0.29) is 12.5 Å². The molecule has 1 amide bonds. The van der Waals surface area contributed by atoms with Crippen LogP contribution in [0.5, 0.6) is 0 Å². The smallest absolute Gasteiger partial charge is 0.355 e. The molecule has 0 radical (unpaired) electrons. The van der Waals surface area contributed by atoms with Crippen molar-refractivity contribution in [3.8, 4) is 0 Å². The van der Waals surface area contributed by atoms with Gasteiger partial charge in [-0.15, -0.1) is 0 Å². The van der Waals surface area contributed by atoms with Crippen LogP contribution in [0.25, 0.3) is 0 Å². The number of anilines is 1. The monoisotopic (exact) mass is 404 g/mol. The number of hydrogen-bond donors (Lipinski definition) is 1. The van der Waals surface area contributed by atoms with E-state index in [0.717, 1.165) is 28.1 Å². The maximum atomic E-state index is 13.2. The molecule has 0 aliphatic rings. The van der Waals surface area contributed by atoms with Crippen molar-refractivity contribution >= 4 is 17.6 Å². The van der Waals surface area contributed by atoms with E-state index in [0.29, 0.717) is 23.4 Å². The summed E-state index contributed by atoms with van der Waals surface area (Å²) in [5, 5.41) is 3.02. The first kappa shape index (κ1) is 21.4. The zero-order chi connectivity index (χ0) is 21.8.